The summed E-state index contributed by atoms with van der Waals surface area (Å²) in [5, 5.41) is 8.69. The predicted octanol–water partition coefficient (Wildman–Crippen LogP) is 1.84. The molecule has 0 aliphatic carbocycles. The molecule has 1 atom stereocenters. The molecule has 0 radical (unpaired) electrons. The monoisotopic (exact) mass is 211 g/mol. The highest BCUT2D eigenvalue weighted by molar-refractivity contribution is 5.01. The fourth-order valence-electron chi connectivity index (χ4n) is 1.79. The van der Waals surface area contributed by atoms with Crippen molar-refractivity contribution >= 4 is 0 Å². The zero-order valence-corrected chi connectivity index (χ0v) is 8.82. The van der Waals surface area contributed by atoms with Crippen molar-refractivity contribution in [3.05, 3.63) is 17.8 Å². The Morgan fingerprint density at radius 1 is 1.47 bits per heavy atom. The molecule has 1 saturated heterocycles. The molecule has 1 N–H and O–H groups in total. The van der Waals surface area contributed by atoms with Crippen molar-refractivity contribution in [3.8, 4) is 0 Å². The summed E-state index contributed by atoms with van der Waals surface area (Å²) in [6.07, 6.45) is 6.57. The normalized spacial score (nSPS) is 21.8. The van der Waals surface area contributed by atoms with Crippen LogP contribution in [-0.4, -0.2) is 23.3 Å². The molecular weight excluding hydrogens is 194 g/mol. The van der Waals surface area contributed by atoms with Gasteiger partial charge in [0, 0.05) is 19.6 Å². The topological polar surface area (TPSA) is 55.5 Å². The number of hydrogen-bond donors (Lipinski definition) is 1. The van der Waals surface area contributed by atoms with E-state index in [1.165, 1.54) is 6.42 Å². The lowest BCUT2D eigenvalue weighted by Gasteiger charge is -2.20. The van der Waals surface area contributed by atoms with E-state index in [1.54, 1.807) is 6.26 Å². The molecule has 1 aliphatic rings. The first kappa shape index (κ1) is 10.6. The number of aromatic nitrogens is 1. The summed E-state index contributed by atoms with van der Waals surface area (Å²) in [7, 11) is 0. The standard InChI is InChI=1S/C11H17NO3/c13-6-3-5-11-12-9(8-15-11)10-4-1-2-7-14-10/h8,10,13H,1-7H2. The molecule has 4 nitrogen and oxygen atoms in total. The van der Waals surface area contributed by atoms with Crippen LogP contribution >= 0.6 is 0 Å². The Balaban J connectivity index is 1.93. The number of aliphatic hydroxyl groups is 1. The first-order chi connectivity index (χ1) is 7.40. The Bertz CT molecular complexity index is 292. The molecule has 4 heteroatoms. The third kappa shape index (κ3) is 2.79. The van der Waals surface area contributed by atoms with Crippen LogP contribution in [0.2, 0.25) is 0 Å². The zero-order chi connectivity index (χ0) is 10.5. The van der Waals surface area contributed by atoms with Crippen molar-refractivity contribution in [1.82, 2.24) is 4.98 Å². The summed E-state index contributed by atoms with van der Waals surface area (Å²) < 4.78 is 10.9. The maximum atomic E-state index is 8.69. The van der Waals surface area contributed by atoms with Gasteiger partial charge in [-0.1, -0.05) is 0 Å². The van der Waals surface area contributed by atoms with Gasteiger partial charge in [-0.15, -0.1) is 0 Å². The van der Waals surface area contributed by atoms with E-state index in [0.717, 1.165) is 25.1 Å². The van der Waals surface area contributed by atoms with Gasteiger partial charge in [0.2, 0.25) is 0 Å². The minimum absolute atomic E-state index is 0.116. The van der Waals surface area contributed by atoms with Crippen LogP contribution in [0.15, 0.2) is 10.7 Å². The van der Waals surface area contributed by atoms with Crippen molar-refractivity contribution in [2.75, 3.05) is 13.2 Å². The summed E-state index contributed by atoms with van der Waals surface area (Å²) in [6.45, 7) is 1.00. The highest BCUT2D eigenvalue weighted by Gasteiger charge is 2.19. The van der Waals surface area contributed by atoms with Gasteiger partial charge >= 0.3 is 0 Å². The minimum atomic E-state index is 0.116. The summed E-state index contributed by atoms with van der Waals surface area (Å²) >= 11 is 0. The van der Waals surface area contributed by atoms with E-state index in [1.807, 2.05) is 0 Å². The van der Waals surface area contributed by atoms with Crippen LogP contribution in [0.5, 0.6) is 0 Å². The van der Waals surface area contributed by atoms with Crippen LogP contribution in [-0.2, 0) is 11.2 Å². The number of aryl methyl sites for hydroxylation is 1. The maximum absolute atomic E-state index is 8.69. The predicted molar refractivity (Wildman–Crippen MR) is 54.5 cm³/mol. The van der Waals surface area contributed by atoms with E-state index in [2.05, 4.69) is 4.98 Å². The summed E-state index contributed by atoms with van der Waals surface area (Å²) in [4.78, 5) is 4.37. The van der Waals surface area contributed by atoms with Gasteiger partial charge < -0.3 is 14.3 Å². The fourth-order valence-corrected chi connectivity index (χ4v) is 1.79. The second-order valence-electron chi connectivity index (χ2n) is 3.85. The van der Waals surface area contributed by atoms with E-state index in [-0.39, 0.29) is 12.7 Å². The van der Waals surface area contributed by atoms with E-state index in [4.69, 9.17) is 14.3 Å². The fraction of sp³-hybridized carbons (Fsp3) is 0.727. The SMILES string of the molecule is OCCCc1nc(C2CCCCO2)co1. The van der Waals surface area contributed by atoms with Gasteiger partial charge in [0.1, 0.15) is 18.1 Å². The lowest BCUT2D eigenvalue weighted by Crippen LogP contribution is -2.11. The van der Waals surface area contributed by atoms with Crippen molar-refractivity contribution < 1.29 is 14.3 Å². The van der Waals surface area contributed by atoms with Gasteiger partial charge in [-0.2, -0.15) is 0 Å². The second-order valence-corrected chi connectivity index (χ2v) is 3.85. The molecule has 2 heterocycles. The van der Waals surface area contributed by atoms with E-state index in [9.17, 15) is 0 Å². The van der Waals surface area contributed by atoms with Crippen LogP contribution in [0.4, 0.5) is 0 Å². The Morgan fingerprint density at radius 3 is 3.13 bits per heavy atom. The number of rotatable bonds is 4. The average Bonchev–Trinajstić information content (AvgIpc) is 2.76. The van der Waals surface area contributed by atoms with Gasteiger partial charge in [-0.3, -0.25) is 0 Å². The van der Waals surface area contributed by atoms with E-state index >= 15 is 0 Å². The summed E-state index contributed by atoms with van der Waals surface area (Å²) in [5.41, 5.74) is 0.905. The molecule has 1 aliphatic heterocycles. The number of hydrogen-bond acceptors (Lipinski definition) is 4. The highest BCUT2D eigenvalue weighted by atomic mass is 16.5. The van der Waals surface area contributed by atoms with Crippen molar-refractivity contribution in [3.63, 3.8) is 0 Å². The minimum Gasteiger partial charge on any atom is -0.449 e. The molecule has 0 bridgehead atoms. The number of aliphatic hydroxyl groups excluding tert-OH is 1. The molecule has 1 aromatic heterocycles. The Labute approximate surface area is 89.3 Å². The number of nitrogens with zero attached hydrogens (tertiary/aromatic N) is 1. The van der Waals surface area contributed by atoms with Crippen LogP contribution in [0.3, 0.4) is 0 Å². The van der Waals surface area contributed by atoms with Crippen LogP contribution in [0.25, 0.3) is 0 Å². The van der Waals surface area contributed by atoms with E-state index in [0.29, 0.717) is 18.7 Å². The second kappa shape index (κ2) is 5.28. The van der Waals surface area contributed by atoms with Crippen molar-refractivity contribution in [1.29, 1.82) is 0 Å². The molecule has 2 rings (SSSR count). The number of oxazole rings is 1. The Morgan fingerprint density at radius 2 is 2.40 bits per heavy atom. The van der Waals surface area contributed by atoms with Crippen LogP contribution < -0.4 is 0 Å². The van der Waals surface area contributed by atoms with Gasteiger partial charge in [0.05, 0.1) is 0 Å². The lowest BCUT2D eigenvalue weighted by atomic mass is 10.1. The zero-order valence-electron chi connectivity index (χ0n) is 8.82. The highest BCUT2D eigenvalue weighted by Crippen LogP contribution is 2.27. The summed E-state index contributed by atoms with van der Waals surface area (Å²) in [5.74, 6) is 0.702. The van der Waals surface area contributed by atoms with Gasteiger partial charge in [-0.05, 0) is 25.7 Å². The molecule has 0 spiro atoms. The van der Waals surface area contributed by atoms with Crippen LogP contribution in [0.1, 0.15) is 43.4 Å². The average molecular weight is 211 g/mol. The van der Waals surface area contributed by atoms with Crippen molar-refractivity contribution in [2.24, 2.45) is 0 Å². The van der Waals surface area contributed by atoms with Gasteiger partial charge in [0.15, 0.2) is 5.89 Å². The molecule has 1 fully saturated rings. The molecule has 0 saturated carbocycles. The quantitative estimate of drug-likeness (QED) is 0.825. The lowest BCUT2D eigenvalue weighted by molar-refractivity contribution is 0.0122. The molecule has 1 unspecified atom stereocenters. The molecule has 0 amide bonds. The Kier molecular flexibility index (Phi) is 3.75. The third-order valence-corrected chi connectivity index (χ3v) is 2.63. The molecule has 0 aromatic carbocycles. The first-order valence-electron chi connectivity index (χ1n) is 5.57. The molecule has 15 heavy (non-hydrogen) atoms. The summed E-state index contributed by atoms with van der Waals surface area (Å²) in [6, 6.07) is 0. The largest absolute Gasteiger partial charge is 0.449 e. The van der Waals surface area contributed by atoms with Gasteiger partial charge in [-0.25, -0.2) is 4.98 Å². The van der Waals surface area contributed by atoms with Crippen molar-refractivity contribution in [2.45, 2.75) is 38.2 Å². The van der Waals surface area contributed by atoms with E-state index < -0.39 is 0 Å². The third-order valence-electron chi connectivity index (χ3n) is 2.63. The molecule has 1 aromatic rings. The van der Waals surface area contributed by atoms with Crippen LogP contribution in [0, 0.1) is 0 Å². The maximum Gasteiger partial charge on any atom is 0.194 e. The number of ether oxygens (including phenoxy) is 1. The van der Waals surface area contributed by atoms with Gasteiger partial charge in [0.25, 0.3) is 0 Å². The Hall–Kier alpha value is -0.870. The first-order valence-corrected chi connectivity index (χ1v) is 5.57. The molecule has 84 valence electrons. The molecular formula is C11H17NO3. The smallest absolute Gasteiger partial charge is 0.194 e.